The van der Waals surface area contributed by atoms with E-state index in [9.17, 15) is 4.39 Å². The summed E-state index contributed by atoms with van der Waals surface area (Å²) >= 11 is 5.96. The molecule has 0 aliphatic carbocycles. The first-order chi connectivity index (χ1) is 8.65. The van der Waals surface area contributed by atoms with Crippen LogP contribution in [0.15, 0.2) is 18.2 Å². The summed E-state index contributed by atoms with van der Waals surface area (Å²) in [6.07, 6.45) is 2.26. The van der Waals surface area contributed by atoms with Crippen LogP contribution < -0.4 is 5.73 Å². The molecule has 1 saturated heterocycles. The highest BCUT2D eigenvalue weighted by Gasteiger charge is 2.31. The molecule has 0 saturated carbocycles. The third-order valence-corrected chi connectivity index (χ3v) is 4.01. The number of halogens is 2. The number of piperidine rings is 1. The first-order valence-electron chi connectivity index (χ1n) is 6.55. The van der Waals surface area contributed by atoms with Crippen molar-refractivity contribution in [1.82, 2.24) is 4.90 Å². The minimum absolute atomic E-state index is 0.196. The normalized spacial score (nSPS) is 25.3. The fourth-order valence-electron chi connectivity index (χ4n) is 2.98. The molecule has 0 spiro atoms. The van der Waals surface area contributed by atoms with Crippen LogP contribution in [0.2, 0.25) is 5.02 Å². The van der Waals surface area contributed by atoms with Crippen LogP contribution in [0.4, 0.5) is 4.39 Å². The molecule has 1 fully saturated rings. The van der Waals surface area contributed by atoms with Crippen molar-refractivity contribution in [2.75, 3.05) is 19.6 Å². The molecule has 0 radical (unpaired) electrons. The van der Waals surface area contributed by atoms with Crippen LogP contribution in [-0.2, 0) is 0 Å². The van der Waals surface area contributed by atoms with E-state index in [4.69, 9.17) is 17.3 Å². The van der Waals surface area contributed by atoms with Gasteiger partial charge in [-0.1, -0.05) is 18.5 Å². The van der Waals surface area contributed by atoms with Gasteiger partial charge >= 0.3 is 0 Å². The van der Waals surface area contributed by atoms with Crippen molar-refractivity contribution in [3.05, 3.63) is 34.6 Å². The molecule has 2 nitrogen and oxygen atoms in total. The van der Waals surface area contributed by atoms with Crippen molar-refractivity contribution in [3.63, 3.8) is 0 Å². The van der Waals surface area contributed by atoms with E-state index in [1.54, 1.807) is 6.07 Å². The molecule has 1 heterocycles. The van der Waals surface area contributed by atoms with Crippen molar-refractivity contribution in [2.45, 2.75) is 25.8 Å². The number of benzene rings is 1. The summed E-state index contributed by atoms with van der Waals surface area (Å²) in [7, 11) is 0. The second-order valence-corrected chi connectivity index (χ2v) is 5.35. The molecule has 2 atom stereocenters. The van der Waals surface area contributed by atoms with Crippen molar-refractivity contribution < 1.29 is 4.39 Å². The predicted octanol–water partition coefficient (Wildman–Crippen LogP) is 3.21. The number of hydrogen-bond donors (Lipinski definition) is 1. The van der Waals surface area contributed by atoms with E-state index < -0.39 is 0 Å². The van der Waals surface area contributed by atoms with E-state index in [2.05, 4.69) is 11.8 Å². The average Bonchev–Trinajstić information content (AvgIpc) is 2.36. The fourth-order valence-corrected chi connectivity index (χ4v) is 3.21. The molecule has 1 aliphatic rings. The lowest BCUT2D eigenvalue weighted by molar-refractivity contribution is 0.102. The van der Waals surface area contributed by atoms with Crippen LogP contribution in [-0.4, -0.2) is 24.5 Å². The molecular weight excluding hydrogens is 251 g/mol. The third-order valence-electron chi connectivity index (χ3n) is 3.80. The standard InChI is InChI=1S/C14H20ClFN2/c1-2-18-5-3-4-10(9-17)14(18)11-6-12(15)8-13(16)7-11/h6-8,10,14H,2-5,9,17H2,1H3. The Morgan fingerprint density at radius 1 is 1.44 bits per heavy atom. The molecular formula is C14H20ClFN2. The van der Waals surface area contributed by atoms with Gasteiger partial charge in [-0.3, -0.25) is 4.90 Å². The van der Waals surface area contributed by atoms with Gasteiger partial charge in [0.15, 0.2) is 0 Å². The zero-order valence-electron chi connectivity index (χ0n) is 10.7. The summed E-state index contributed by atoms with van der Waals surface area (Å²) in [5.74, 6) is 0.117. The van der Waals surface area contributed by atoms with E-state index in [1.165, 1.54) is 6.07 Å². The maximum atomic E-state index is 13.5. The number of likely N-dealkylation sites (tertiary alicyclic amines) is 1. The largest absolute Gasteiger partial charge is 0.330 e. The van der Waals surface area contributed by atoms with Gasteiger partial charge in [-0.2, -0.15) is 0 Å². The predicted molar refractivity (Wildman–Crippen MR) is 73.2 cm³/mol. The van der Waals surface area contributed by atoms with Crippen LogP contribution in [0, 0.1) is 11.7 Å². The maximum Gasteiger partial charge on any atom is 0.125 e. The molecule has 1 aliphatic heterocycles. The second-order valence-electron chi connectivity index (χ2n) is 4.91. The highest BCUT2D eigenvalue weighted by molar-refractivity contribution is 6.30. The zero-order chi connectivity index (χ0) is 13.1. The maximum absolute atomic E-state index is 13.5. The molecule has 1 aromatic carbocycles. The fraction of sp³-hybridized carbons (Fsp3) is 0.571. The Kier molecular flexibility index (Phi) is 4.60. The number of nitrogens with zero attached hydrogens (tertiary/aromatic N) is 1. The summed E-state index contributed by atoms with van der Waals surface area (Å²) in [5, 5.41) is 0.461. The van der Waals surface area contributed by atoms with Gasteiger partial charge in [0.25, 0.3) is 0 Å². The third kappa shape index (κ3) is 2.85. The van der Waals surface area contributed by atoms with Crippen LogP contribution in [0.25, 0.3) is 0 Å². The van der Waals surface area contributed by atoms with Crippen LogP contribution in [0.3, 0.4) is 0 Å². The van der Waals surface area contributed by atoms with Crippen LogP contribution >= 0.6 is 11.6 Å². The van der Waals surface area contributed by atoms with Gasteiger partial charge in [-0.15, -0.1) is 0 Å². The van der Waals surface area contributed by atoms with E-state index in [0.29, 0.717) is 17.5 Å². The number of hydrogen-bond acceptors (Lipinski definition) is 2. The van der Waals surface area contributed by atoms with E-state index in [0.717, 1.165) is 31.5 Å². The molecule has 0 aromatic heterocycles. The molecule has 2 N–H and O–H groups in total. The quantitative estimate of drug-likeness (QED) is 0.914. The molecule has 2 unspecified atom stereocenters. The average molecular weight is 271 g/mol. The Labute approximate surface area is 113 Å². The Bertz CT molecular complexity index is 379. The monoisotopic (exact) mass is 270 g/mol. The van der Waals surface area contributed by atoms with Gasteiger partial charge in [0.05, 0.1) is 0 Å². The van der Waals surface area contributed by atoms with Crippen LogP contribution in [0.1, 0.15) is 31.4 Å². The SMILES string of the molecule is CCN1CCCC(CN)C1c1cc(F)cc(Cl)c1. The van der Waals surface area contributed by atoms with Gasteiger partial charge in [-0.05, 0) is 62.2 Å². The molecule has 0 bridgehead atoms. The minimum atomic E-state index is -0.269. The molecule has 2 rings (SSSR count). The van der Waals surface area contributed by atoms with Gasteiger partial charge in [0.2, 0.25) is 0 Å². The summed E-state index contributed by atoms with van der Waals surface area (Å²) < 4.78 is 13.5. The van der Waals surface area contributed by atoms with Gasteiger partial charge in [0, 0.05) is 11.1 Å². The first kappa shape index (κ1) is 13.8. The number of rotatable bonds is 3. The lowest BCUT2D eigenvalue weighted by atomic mass is 9.84. The van der Waals surface area contributed by atoms with Crippen LogP contribution in [0.5, 0.6) is 0 Å². The summed E-state index contributed by atoms with van der Waals surface area (Å²) in [6, 6.07) is 5.00. The Balaban J connectivity index is 2.35. The molecule has 1 aromatic rings. The molecule has 4 heteroatoms. The first-order valence-corrected chi connectivity index (χ1v) is 6.93. The van der Waals surface area contributed by atoms with Crippen molar-refractivity contribution in [2.24, 2.45) is 11.7 Å². The van der Waals surface area contributed by atoms with Crippen molar-refractivity contribution in [3.8, 4) is 0 Å². The lowest BCUT2D eigenvalue weighted by Gasteiger charge is -2.41. The van der Waals surface area contributed by atoms with E-state index >= 15 is 0 Å². The molecule has 0 amide bonds. The van der Waals surface area contributed by atoms with Gasteiger partial charge in [0.1, 0.15) is 5.82 Å². The Morgan fingerprint density at radius 3 is 2.83 bits per heavy atom. The number of nitrogens with two attached hydrogens (primary N) is 1. The summed E-state index contributed by atoms with van der Waals surface area (Å²) in [6.45, 7) is 4.77. The Hall–Kier alpha value is -0.640. The van der Waals surface area contributed by atoms with E-state index in [-0.39, 0.29) is 11.9 Å². The highest BCUT2D eigenvalue weighted by Crippen LogP contribution is 2.36. The summed E-state index contributed by atoms with van der Waals surface area (Å²) in [5.41, 5.74) is 6.83. The van der Waals surface area contributed by atoms with Crippen molar-refractivity contribution >= 4 is 11.6 Å². The minimum Gasteiger partial charge on any atom is -0.330 e. The summed E-state index contributed by atoms with van der Waals surface area (Å²) in [4.78, 5) is 2.37. The lowest BCUT2D eigenvalue weighted by Crippen LogP contribution is -2.41. The topological polar surface area (TPSA) is 29.3 Å². The van der Waals surface area contributed by atoms with Crippen molar-refractivity contribution in [1.29, 1.82) is 0 Å². The molecule has 18 heavy (non-hydrogen) atoms. The van der Waals surface area contributed by atoms with Gasteiger partial charge in [-0.25, -0.2) is 4.39 Å². The zero-order valence-corrected chi connectivity index (χ0v) is 11.5. The highest BCUT2D eigenvalue weighted by atomic mass is 35.5. The second kappa shape index (κ2) is 6.00. The van der Waals surface area contributed by atoms with Gasteiger partial charge < -0.3 is 5.73 Å². The Morgan fingerprint density at radius 2 is 2.22 bits per heavy atom. The molecule has 100 valence electrons. The smallest absolute Gasteiger partial charge is 0.125 e. The van der Waals surface area contributed by atoms with E-state index in [1.807, 2.05) is 6.07 Å².